The van der Waals surface area contributed by atoms with E-state index in [2.05, 4.69) is 39.3 Å². The Kier molecular flexibility index (Phi) is 10.8. The van der Waals surface area contributed by atoms with Crippen molar-refractivity contribution in [3.05, 3.63) is 95.3 Å². The molecule has 1 atom stereocenters. The molecule has 8 nitrogen and oxygen atoms in total. The molecule has 0 aliphatic heterocycles. The number of nitrogens with two attached hydrogens (primary N) is 1. The fourth-order valence-electron chi connectivity index (χ4n) is 3.37. The molecule has 2 amide bonds. The van der Waals surface area contributed by atoms with Gasteiger partial charge in [0.25, 0.3) is 5.91 Å². The molecule has 1 heterocycles. The summed E-state index contributed by atoms with van der Waals surface area (Å²) >= 11 is 0. The molecule has 1 aromatic heterocycles. The van der Waals surface area contributed by atoms with Crippen LogP contribution in [0.2, 0.25) is 0 Å². The second-order valence-corrected chi connectivity index (χ2v) is 8.26. The SMILES string of the molecule is NC[C@H](NC(=O)c1ccc(C#CC#Cc2ccc(NC(=O)CCCc3ccccn3)cc2)cc1)C(=O)CO. The van der Waals surface area contributed by atoms with E-state index in [0.29, 0.717) is 23.2 Å². The summed E-state index contributed by atoms with van der Waals surface area (Å²) < 4.78 is 0. The number of aromatic nitrogens is 1. The number of rotatable bonds is 10. The number of Topliss-reactive ketones (excluding diaryl/α,β-unsaturated/α-hetero) is 1. The first kappa shape index (κ1) is 27.8. The van der Waals surface area contributed by atoms with Gasteiger partial charge in [0.1, 0.15) is 12.6 Å². The molecule has 0 fully saturated rings. The molecule has 0 bridgehead atoms. The summed E-state index contributed by atoms with van der Waals surface area (Å²) in [4.78, 5) is 40.2. The first-order valence-electron chi connectivity index (χ1n) is 12.0. The van der Waals surface area contributed by atoms with Gasteiger partial charge >= 0.3 is 0 Å². The van der Waals surface area contributed by atoms with Crippen LogP contribution in [0.1, 0.15) is 40.0 Å². The number of pyridine rings is 1. The summed E-state index contributed by atoms with van der Waals surface area (Å²) in [6.45, 7) is -0.787. The number of hydrogen-bond acceptors (Lipinski definition) is 6. The largest absolute Gasteiger partial charge is 0.388 e. The van der Waals surface area contributed by atoms with Crippen LogP contribution in [-0.4, -0.2) is 46.9 Å². The first-order valence-corrected chi connectivity index (χ1v) is 12.0. The number of aryl methyl sites for hydroxylation is 1. The molecule has 0 saturated heterocycles. The van der Waals surface area contributed by atoms with Crippen molar-refractivity contribution >= 4 is 23.3 Å². The number of amides is 2. The van der Waals surface area contributed by atoms with Crippen LogP contribution >= 0.6 is 0 Å². The first-order chi connectivity index (χ1) is 18.5. The Morgan fingerprint density at radius 3 is 2.16 bits per heavy atom. The lowest BCUT2D eigenvalue weighted by molar-refractivity contribution is -0.123. The summed E-state index contributed by atoms with van der Waals surface area (Å²) in [6.07, 6.45) is 3.64. The number of aliphatic hydroxyl groups excluding tert-OH is 1. The zero-order valence-electron chi connectivity index (χ0n) is 20.7. The van der Waals surface area contributed by atoms with E-state index in [-0.39, 0.29) is 12.5 Å². The fourth-order valence-corrected chi connectivity index (χ4v) is 3.37. The van der Waals surface area contributed by atoms with Gasteiger partial charge in [0.2, 0.25) is 5.91 Å². The number of benzene rings is 2. The Morgan fingerprint density at radius 1 is 0.921 bits per heavy atom. The molecule has 0 aliphatic rings. The van der Waals surface area contributed by atoms with Crippen LogP contribution in [0.3, 0.4) is 0 Å². The van der Waals surface area contributed by atoms with Gasteiger partial charge in [0.05, 0.1) is 0 Å². The highest BCUT2D eigenvalue weighted by molar-refractivity contribution is 5.98. The van der Waals surface area contributed by atoms with Crippen molar-refractivity contribution in [1.29, 1.82) is 0 Å². The minimum absolute atomic E-state index is 0.0491. The van der Waals surface area contributed by atoms with E-state index in [4.69, 9.17) is 10.8 Å². The lowest BCUT2D eigenvalue weighted by Crippen LogP contribution is -2.46. The van der Waals surface area contributed by atoms with Gasteiger partial charge < -0.3 is 21.5 Å². The quantitative estimate of drug-likeness (QED) is 0.310. The Hall–Kier alpha value is -4.76. The highest BCUT2D eigenvalue weighted by atomic mass is 16.3. The van der Waals surface area contributed by atoms with Crippen molar-refractivity contribution in [1.82, 2.24) is 10.3 Å². The van der Waals surface area contributed by atoms with E-state index < -0.39 is 24.3 Å². The number of carbonyl (C=O) groups is 3. The highest BCUT2D eigenvalue weighted by Gasteiger charge is 2.18. The minimum Gasteiger partial charge on any atom is -0.388 e. The molecule has 3 aromatic rings. The third kappa shape index (κ3) is 9.03. The highest BCUT2D eigenvalue weighted by Crippen LogP contribution is 2.10. The van der Waals surface area contributed by atoms with Gasteiger partial charge in [0, 0.05) is 47.2 Å². The average Bonchev–Trinajstić information content (AvgIpc) is 2.95. The van der Waals surface area contributed by atoms with E-state index in [9.17, 15) is 14.4 Å². The van der Waals surface area contributed by atoms with E-state index in [0.717, 1.165) is 24.1 Å². The summed E-state index contributed by atoms with van der Waals surface area (Å²) in [6, 6.07) is 18.5. The van der Waals surface area contributed by atoms with Crippen molar-refractivity contribution in [2.45, 2.75) is 25.3 Å². The van der Waals surface area contributed by atoms with Crippen molar-refractivity contribution < 1.29 is 19.5 Å². The van der Waals surface area contributed by atoms with Crippen molar-refractivity contribution in [3.8, 4) is 23.7 Å². The molecule has 192 valence electrons. The molecule has 8 heteroatoms. The zero-order chi connectivity index (χ0) is 27.2. The van der Waals surface area contributed by atoms with Gasteiger partial charge in [-0.25, -0.2) is 0 Å². The van der Waals surface area contributed by atoms with Gasteiger partial charge in [-0.1, -0.05) is 17.9 Å². The lowest BCUT2D eigenvalue weighted by Gasteiger charge is -2.14. The van der Waals surface area contributed by atoms with Gasteiger partial charge in [-0.15, -0.1) is 0 Å². The molecule has 38 heavy (non-hydrogen) atoms. The van der Waals surface area contributed by atoms with E-state index >= 15 is 0 Å². The lowest BCUT2D eigenvalue weighted by atomic mass is 10.1. The van der Waals surface area contributed by atoms with Crippen molar-refractivity contribution in [2.24, 2.45) is 5.73 Å². The van der Waals surface area contributed by atoms with Crippen LogP contribution in [0.15, 0.2) is 72.9 Å². The number of ketones is 1. The Labute approximate surface area is 221 Å². The Morgan fingerprint density at radius 2 is 1.58 bits per heavy atom. The Balaban J connectivity index is 1.47. The van der Waals surface area contributed by atoms with Crippen LogP contribution in [0.25, 0.3) is 0 Å². The number of aliphatic hydroxyl groups is 1. The fraction of sp³-hybridized carbons (Fsp3) is 0.200. The van der Waals surface area contributed by atoms with E-state index in [1.54, 1.807) is 42.6 Å². The molecule has 0 saturated carbocycles. The summed E-state index contributed by atoms with van der Waals surface area (Å²) in [5, 5.41) is 14.3. The molecule has 0 spiro atoms. The average molecular weight is 509 g/mol. The molecular formula is C30H28N4O4. The van der Waals surface area contributed by atoms with Crippen LogP contribution < -0.4 is 16.4 Å². The predicted molar refractivity (Wildman–Crippen MR) is 145 cm³/mol. The molecule has 2 aromatic carbocycles. The third-order valence-corrected chi connectivity index (χ3v) is 5.44. The van der Waals surface area contributed by atoms with Crippen molar-refractivity contribution in [3.63, 3.8) is 0 Å². The molecule has 5 N–H and O–H groups in total. The van der Waals surface area contributed by atoms with Gasteiger partial charge in [-0.3, -0.25) is 19.4 Å². The minimum atomic E-state index is -0.935. The van der Waals surface area contributed by atoms with Gasteiger partial charge in [-0.05, 0) is 85.3 Å². The molecular weight excluding hydrogens is 480 g/mol. The number of anilines is 1. The van der Waals surface area contributed by atoms with Crippen LogP contribution in [0.5, 0.6) is 0 Å². The normalized spacial score (nSPS) is 10.7. The van der Waals surface area contributed by atoms with Crippen LogP contribution in [0, 0.1) is 23.7 Å². The molecule has 0 unspecified atom stereocenters. The van der Waals surface area contributed by atoms with E-state index in [1.807, 2.05) is 30.3 Å². The predicted octanol–water partition coefficient (Wildman–Crippen LogP) is 2.06. The monoisotopic (exact) mass is 508 g/mol. The third-order valence-electron chi connectivity index (χ3n) is 5.44. The molecule has 3 rings (SSSR count). The Bertz CT molecular complexity index is 1360. The maximum Gasteiger partial charge on any atom is 0.251 e. The number of nitrogens with zero attached hydrogens (tertiary/aromatic N) is 1. The number of carbonyl (C=O) groups excluding carboxylic acids is 3. The smallest absolute Gasteiger partial charge is 0.251 e. The molecule has 0 aliphatic carbocycles. The summed E-state index contributed by atoms with van der Waals surface area (Å²) in [7, 11) is 0. The summed E-state index contributed by atoms with van der Waals surface area (Å²) in [5.41, 5.74) is 8.91. The second kappa shape index (κ2) is 14.7. The van der Waals surface area contributed by atoms with Gasteiger partial charge in [-0.2, -0.15) is 0 Å². The van der Waals surface area contributed by atoms with Crippen LogP contribution in [0.4, 0.5) is 5.69 Å². The molecule has 0 radical (unpaired) electrons. The van der Waals surface area contributed by atoms with Crippen LogP contribution in [-0.2, 0) is 16.0 Å². The maximum atomic E-state index is 12.3. The number of hydrogen-bond donors (Lipinski definition) is 4. The second-order valence-electron chi connectivity index (χ2n) is 8.26. The standard InChI is InChI=1S/C30H28N4O4/c31-20-27(28(36)21-35)34-30(38)24-15-11-22(12-16-24)6-1-2-7-23-13-17-26(18-14-23)33-29(37)10-5-9-25-8-3-4-19-32-25/h3-4,8,11-19,27,35H,5,9-10,20-21,31H2,(H,33,37)(H,34,38)/t27-/m0/s1. The maximum absolute atomic E-state index is 12.3. The van der Waals surface area contributed by atoms with E-state index in [1.165, 1.54) is 0 Å². The summed E-state index contributed by atoms with van der Waals surface area (Å²) in [5.74, 6) is 10.3. The topological polar surface area (TPSA) is 134 Å². The van der Waals surface area contributed by atoms with Gasteiger partial charge in [0.15, 0.2) is 5.78 Å². The zero-order valence-corrected chi connectivity index (χ0v) is 20.7. The number of nitrogens with one attached hydrogen (secondary N) is 2. The van der Waals surface area contributed by atoms with Crippen molar-refractivity contribution in [2.75, 3.05) is 18.5 Å².